The number of benzene rings is 1. The number of amidine groups is 1. The number of amides is 1. The zero-order valence-corrected chi connectivity index (χ0v) is 18.7. The number of halogens is 6. The average molecular weight is 501 g/mol. The summed E-state index contributed by atoms with van der Waals surface area (Å²) in [5, 5.41) is 2.45. The topological polar surface area (TPSA) is 44.7 Å². The highest BCUT2D eigenvalue weighted by atomic mass is 32.2. The first-order valence-corrected chi connectivity index (χ1v) is 11.4. The molecule has 4 nitrogen and oxygen atoms in total. The molecule has 3 atom stereocenters. The molecule has 34 heavy (non-hydrogen) atoms. The fourth-order valence-electron chi connectivity index (χ4n) is 5.01. The molecule has 2 saturated heterocycles. The van der Waals surface area contributed by atoms with Crippen molar-refractivity contribution < 1.29 is 31.1 Å². The van der Waals surface area contributed by atoms with E-state index < -0.39 is 23.5 Å². The van der Waals surface area contributed by atoms with E-state index in [-0.39, 0.29) is 47.7 Å². The summed E-state index contributed by atoms with van der Waals surface area (Å²) in [5.41, 5.74) is -2.70. The van der Waals surface area contributed by atoms with Gasteiger partial charge in [-0.15, -0.1) is 6.42 Å². The largest absolute Gasteiger partial charge is 0.416 e. The van der Waals surface area contributed by atoms with Crippen molar-refractivity contribution in [3.63, 3.8) is 0 Å². The van der Waals surface area contributed by atoms with Crippen molar-refractivity contribution in [2.45, 2.75) is 31.7 Å². The smallest absolute Gasteiger partial charge is 0.300 e. The molecule has 0 radical (unpaired) electrons. The molecule has 0 spiro atoms. The van der Waals surface area contributed by atoms with E-state index in [2.05, 4.69) is 16.2 Å². The predicted molar refractivity (Wildman–Crippen MR) is 117 cm³/mol. The van der Waals surface area contributed by atoms with Crippen LogP contribution in [-0.2, 0) is 18.9 Å². The molecule has 2 aliphatic heterocycles. The van der Waals surface area contributed by atoms with Gasteiger partial charge in [-0.05, 0) is 60.1 Å². The number of likely N-dealkylation sites (tertiary alicyclic amines) is 1. The molecule has 3 aliphatic rings. The van der Waals surface area contributed by atoms with E-state index in [1.165, 1.54) is 0 Å². The number of carbonyl (C=O) groups is 1. The summed E-state index contributed by atoms with van der Waals surface area (Å²) in [7, 11) is 0. The van der Waals surface area contributed by atoms with Gasteiger partial charge in [-0.1, -0.05) is 18.1 Å². The summed E-state index contributed by atoms with van der Waals surface area (Å²) in [6.45, 7) is 1.25. The zero-order valence-electron chi connectivity index (χ0n) is 17.8. The van der Waals surface area contributed by atoms with E-state index in [0.717, 1.165) is 35.6 Å². The lowest BCUT2D eigenvalue weighted by Gasteiger charge is -2.22. The molecule has 0 bridgehead atoms. The van der Waals surface area contributed by atoms with Gasteiger partial charge >= 0.3 is 12.4 Å². The van der Waals surface area contributed by atoms with Gasteiger partial charge in [0, 0.05) is 19.6 Å². The fourth-order valence-corrected chi connectivity index (χ4v) is 5.83. The minimum atomic E-state index is -4.87. The van der Waals surface area contributed by atoms with Gasteiger partial charge in [0.25, 0.3) is 5.24 Å². The molecule has 1 unspecified atom stereocenters. The minimum Gasteiger partial charge on any atom is -0.300 e. The van der Waals surface area contributed by atoms with Crippen LogP contribution in [0.1, 0.15) is 29.5 Å². The number of terminal acetylenes is 1. The monoisotopic (exact) mass is 501 g/mol. The van der Waals surface area contributed by atoms with Crippen LogP contribution < -0.4 is 5.32 Å². The first-order chi connectivity index (χ1) is 15.9. The van der Waals surface area contributed by atoms with Crippen LogP contribution >= 0.6 is 11.8 Å². The van der Waals surface area contributed by atoms with Crippen molar-refractivity contribution in [3.8, 4) is 12.3 Å². The van der Waals surface area contributed by atoms with E-state index >= 15 is 0 Å². The third kappa shape index (κ3) is 5.44. The van der Waals surface area contributed by atoms with Gasteiger partial charge < -0.3 is 5.32 Å². The Hall–Kier alpha value is -2.45. The van der Waals surface area contributed by atoms with Crippen LogP contribution in [0.3, 0.4) is 0 Å². The third-order valence-corrected chi connectivity index (χ3v) is 7.21. The average Bonchev–Trinajstić information content (AvgIpc) is 3.38. The van der Waals surface area contributed by atoms with Gasteiger partial charge in [0.1, 0.15) is 12.4 Å². The number of alkyl halides is 6. The molecule has 1 saturated carbocycles. The van der Waals surface area contributed by atoms with Gasteiger partial charge in [0.2, 0.25) is 0 Å². The Morgan fingerprint density at radius 1 is 1.15 bits per heavy atom. The highest BCUT2D eigenvalue weighted by Crippen LogP contribution is 2.45. The van der Waals surface area contributed by atoms with Crippen LogP contribution in [0.15, 0.2) is 34.2 Å². The number of aliphatic imine (C=N–C) groups is 1. The highest BCUT2D eigenvalue weighted by Gasteiger charge is 2.42. The minimum absolute atomic E-state index is 0.0527. The molecular weight excluding hydrogens is 480 g/mol. The maximum Gasteiger partial charge on any atom is 0.416 e. The number of carbonyl (C=O) groups excluding carboxylic acids is 1. The van der Waals surface area contributed by atoms with Crippen LogP contribution in [0.5, 0.6) is 0 Å². The Labute approximate surface area is 196 Å². The lowest BCUT2D eigenvalue weighted by molar-refractivity contribution is -0.143. The molecule has 4 rings (SSSR count). The van der Waals surface area contributed by atoms with Crippen LogP contribution in [0, 0.1) is 30.1 Å². The predicted octanol–water partition coefficient (Wildman–Crippen LogP) is 5.55. The third-order valence-electron chi connectivity index (χ3n) is 6.37. The van der Waals surface area contributed by atoms with Crippen molar-refractivity contribution in [2.24, 2.45) is 22.7 Å². The van der Waals surface area contributed by atoms with Crippen LogP contribution in [0.4, 0.5) is 31.1 Å². The van der Waals surface area contributed by atoms with Crippen molar-refractivity contribution in [3.05, 3.63) is 45.9 Å². The Kier molecular flexibility index (Phi) is 6.75. The van der Waals surface area contributed by atoms with Crippen molar-refractivity contribution >= 4 is 22.8 Å². The molecule has 1 aromatic rings. The number of nitrogens with one attached hydrogen (secondary N) is 1. The number of hydrogen-bond acceptors (Lipinski definition) is 4. The molecule has 182 valence electrons. The van der Waals surface area contributed by atoms with E-state index in [9.17, 15) is 31.1 Å². The summed E-state index contributed by atoms with van der Waals surface area (Å²) in [4.78, 5) is 18.5. The molecule has 3 fully saturated rings. The van der Waals surface area contributed by atoms with E-state index in [0.29, 0.717) is 25.0 Å². The van der Waals surface area contributed by atoms with Crippen LogP contribution in [0.2, 0.25) is 0 Å². The molecule has 11 heteroatoms. The van der Waals surface area contributed by atoms with Gasteiger partial charge in [-0.3, -0.25) is 14.7 Å². The molecule has 1 N–H and O–H groups in total. The zero-order chi connectivity index (χ0) is 24.7. The quantitative estimate of drug-likeness (QED) is 0.435. The second kappa shape index (κ2) is 9.30. The van der Waals surface area contributed by atoms with Crippen molar-refractivity contribution in [2.75, 3.05) is 19.6 Å². The number of rotatable bonds is 4. The lowest BCUT2D eigenvalue weighted by Crippen LogP contribution is -2.24. The summed E-state index contributed by atoms with van der Waals surface area (Å²) >= 11 is 1.06. The number of fused-ring (bicyclic) bond motifs is 1. The van der Waals surface area contributed by atoms with Crippen LogP contribution in [-0.4, -0.2) is 35.6 Å². The Bertz CT molecular complexity index is 1060. The second-order valence-corrected chi connectivity index (χ2v) is 9.74. The maximum absolute atomic E-state index is 13.5. The first-order valence-electron chi connectivity index (χ1n) is 10.6. The molecule has 1 aliphatic carbocycles. The Morgan fingerprint density at radius 3 is 2.41 bits per heavy atom. The summed E-state index contributed by atoms with van der Waals surface area (Å²) < 4.78 is 79.1. The van der Waals surface area contributed by atoms with Gasteiger partial charge in [0.05, 0.1) is 16.0 Å². The lowest BCUT2D eigenvalue weighted by atomic mass is 10.0. The van der Waals surface area contributed by atoms with Crippen LogP contribution in [0.25, 0.3) is 0 Å². The molecule has 2 heterocycles. The summed E-state index contributed by atoms with van der Waals surface area (Å²) in [5.74, 6) is 3.61. The van der Waals surface area contributed by atoms with Gasteiger partial charge in [-0.2, -0.15) is 26.3 Å². The molecular formula is C23H21F6N3OS. The Morgan fingerprint density at radius 2 is 1.82 bits per heavy atom. The second-order valence-electron chi connectivity index (χ2n) is 8.73. The van der Waals surface area contributed by atoms with E-state index in [1.807, 2.05) is 11.0 Å². The first kappa shape index (κ1) is 24.7. The van der Waals surface area contributed by atoms with Gasteiger partial charge in [-0.25, -0.2) is 0 Å². The number of thioether (sulfide) groups is 1. The van der Waals surface area contributed by atoms with E-state index in [4.69, 9.17) is 6.42 Å². The molecule has 0 aromatic heterocycles. The van der Waals surface area contributed by atoms with Gasteiger partial charge in [0.15, 0.2) is 0 Å². The summed E-state index contributed by atoms with van der Waals surface area (Å²) in [6, 6.07) is 1.84. The standard InChI is InChI=1S/C23H21F6N3OS/c1-2-5-30-20-19(34-21(33)31-20)8-13-6-15-11-32(12-16(15)7-13)10-14-3-4-17(22(24,25)26)9-18(14)23(27,28)29/h1,3-4,8-9,13,15-16H,5-7,10-12H2,(H,30,31,33)/t13?,15-,16+. The molecule has 1 amide bonds. The summed E-state index contributed by atoms with van der Waals surface area (Å²) in [6.07, 6.45) is -0.826. The Balaban J connectivity index is 1.42. The van der Waals surface area contributed by atoms with Crippen molar-refractivity contribution in [1.29, 1.82) is 0 Å². The van der Waals surface area contributed by atoms with Crippen molar-refractivity contribution in [1.82, 2.24) is 10.2 Å². The SMILES string of the molecule is C#CCN=C1NC(=O)SC1=CC1C[C@@H]2CN(Cc3ccc(C(F)(F)F)cc3C(F)(F)F)C[C@@H]2C1. The fraction of sp³-hybridized carbons (Fsp3) is 0.478. The van der Waals surface area contributed by atoms with E-state index in [1.54, 1.807) is 0 Å². The highest BCUT2D eigenvalue weighted by molar-refractivity contribution is 8.18. The number of hydrogen-bond donors (Lipinski definition) is 1. The maximum atomic E-state index is 13.5. The number of allylic oxidation sites excluding steroid dienone is 1. The number of nitrogens with zero attached hydrogens (tertiary/aromatic N) is 2. The molecule has 1 aromatic carbocycles. The normalized spacial score (nSPS) is 27.9.